The fraction of sp³-hybridized carbons (Fsp3) is 0.143. The molecule has 3 rings (SSSR count). The predicted octanol–water partition coefficient (Wildman–Crippen LogP) is 3.18. The molecule has 0 saturated carbocycles. The Balaban J connectivity index is 1.65. The molecule has 0 aliphatic rings. The van der Waals surface area contributed by atoms with Gasteiger partial charge >= 0.3 is 6.43 Å². The van der Waals surface area contributed by atoms with Crippen LogP contribution in [0.3, 0.4) is 0 Å². The zero-order chi connectivity index (χ0) is 16.2. The minimum atomic E-state index is -2.83. The van der Waals surface area contributed by atoms with Crippen LogP contribution in [0.2, 0.25) is 0 Å². The minimum absolute atomic E-state index is 0.0675. The van der Waals surface area contributed by atoms with E-state index in [-0.39, 0.29) is 18.3 Å². The fourth-order valence-corrected chi connectivity index (χ4v) is 1.66. The zero-order valence-electron chi connectivity index (χ0n) is 11.5. The second-order valence-corrected chi connectivity index (χ2v) is 4.38. The van der Waals surface area contributed by atoms with E-state index in [1.54, 1.807) is 0 Å². The maximum absolute atomic E-state index is 12.8. The minimum Gasteiger partial charge on any atom is -0.486 e. The van der Waals surface area contributed by atoms with Crippen molar-refractivity contribution >= 4 is 0 Å². The van der Waals surface area contributed by atoms with Crippen molar-refractivity contribution in [3.63, 3.8) is 0 Å². The Morgan fingerprint density at radius 1 is 1.04 bits per heavy atom. The summed E-state index contributed by atoms with van der Waals surface area (Å²) in [5, 5.41) is 6.72. The van der Waals surface area contributed by atoms with E-state index in [4.69, 9.17) is 9.15 Å². The number of rotatable bonds is 5. The van der Waals surface area contributed by atoms with E-state index < -0.39 is 12.3 Å². The Hall–Kier alpha value is -2.97. The molecule has 6 nitrogen and oxygen atoms in total. The summed E-state index contributed by atoms with van der Waals surface area (Å²) in [6.07, 6.45) is -0.112. The lowest BCUT2D eigenvalue weighted by atomic mass is 10.3. The van der Waals surface area contributed by atoms with Crippen LogP contribution in [0, 0.1) is 5.82 Å². The number of halogens is 3. The Morgan fingerprint density at radius 2 is 1.74 bits per heavy atom. The van der Waals surface area contributed by atoms with Gasteiger partial charge in [0, 0.05) is 12.4 Å². The molecule has 0 bridgehead atoms. The molecule has 0 aliphatic carbocycles. The van der Waals surface area contributed by atoms with Gasteiger partial charge in [0.1, 0.15) is 18.2 Å². The van der Waals surface area contributed by atoms with Crippen LogP contribution in [-0.4, -0.2) is 20.2 Å². The summed E-state index contributed by atoms with van der Waals surface area (Å²) in [6, 6.07) is 5.51. The molecule has 0 spiro atoms. The molecule has 3 aromatic rings. The second-order valence-electron chi connectivity index (χ2n) is 4.38. The third-order valence-corrected chi connectivity index (χ3v) is 2.76. The van der Waals surface area contributed by atoms with Crippen molar-refractivity contribution in [2.45, 2.75) is 13.0 Å². The predicted molar refractivity (Wildman–Crippen MR) is 71.0 cm³/mol. The van der Waals surface area contributed by atoms with E-state index in [1.165, 1.54) is 36.7 Å². The van der Waals surface area contributed by atoms with Gasteiger partial charge in [-0.3, -0.25) is 0 Å². The molecule has 0 unspecified atom stereocenters. The molecule has 23 heavy (non-hydrogen) atoms. The first-order chi connectivity index (χ1) is 11.1. The van der Waals surface area contributed by atoms with Gasteiger partial charge in [-0.2, -0.15) is 8.78 Å². The third-order valence-electron chi connectivity index (χ3n) is 2.76. The van der Waals surface area contributed by atoms with Gasteiger partial charge in [0.15, 0.2) is 5.82 Å². The molecule has 118 valence electrons. The average molecular weight is 322 g/mol. The van der Waals surface area contributed by atoms with Crippen LogP contribution in [0.25, 0.3) is 11.5 Å². The molecular formula is C14H9F3N4O2. The number of hydrogen-bond donors (Lipinski definition) is 0. The summed E-state index contributed by atoms with van der Waals surface area (Å²) in [7, 11) is 0. The Kier molecular flexibility index (Phi) is 4.18. The average Bonchev–Trinajstić information content (AvgIpc) is 3.05. The number of hydrogen-bond acceptors (Lipinski definition) is 6. The molecule has 0 fully saturated rings. The number of benzene rings is 1. The van der Waals surface area contributed by atoms with E-state index in [2.05, 4.69) is 20.2 Å². The lowest BCUT2D eigenvalue weighted by Crippen LogP contribution is -2.01. The highest BCUT2D eigenvalue weighted by atomic mass is 19.3. The Labute approximate surface area is 128 Å². The highest BCUT2D eigenvalue weighted by Gasteiger charge is 2.17. The van der Waals surface area contributed by atoms with Gasteiger partial charge in [-0.25, -0.2) is 14.4 Å². The van der Waals surface area contributed by atoms with Crippen LogP contribution < -0.4 is 4.74 Å². The molecule has 0 radical (unpaired) electrons. The summed E-state index contributed by atoms with van der Waals surface area (Å²) >= 11 is 0. The highest BCUT2D eigenvalue weighted by Crippen LogP contribution is 2.22. The number of aromatic nitrogens is 4. The molecule has 2 heterocycles. The molecule has 0 amide bonds. The monoisotopic (exact) mass is 322 g/mol. The third kappa shape index (κ3) is 3.62. The van der Waals surface area contributed by atoms with Crippen LogP contribution in [0.5, 0.6) is 5.75 Å². The molecule has 2 aromatic heterocycles. The van der Waals surface area contributed by atoms with Gasteiger partial charge in [0.2, 0.25) is 0 Å². The maximum Gasteiger partial charge on any atom is 0.314 e. The molecular weight excluding hydrogens is 313 g/mol. The molecule has 0 saturated heterocycles. The number of ether oxygens (including phenoxy) is 1. The van der Waals surface area contributed by atoms with Crippen molar-refractivity contribution in [1.29, 1.82) is 0 Å². The lowest BCUT2D eigenvalue weighted by Gasteiger charge is -2.04. The van der Waals surface area contributed by atoms with E-state index >= 15 is 0 Å². The van der Waals surface area contributed by atoms with Crippen molar-refractivity contribution < 1.29 is 22.3 Å². The van der Waals surface area contributed by atoms with Crippen molar-refractivity contribution in [2.24, 2.45) is 0 Å². The number of alkyl halides is 2. The van der Waals surface area contributed by atoms with Gasteiger partial charge in [-0.1, -0.05) is 0 Å². The van der Waals surface area contributed by atoms with E-state index in [9.17, 15) is 13.2 Å². The van der Waals surface area contributed by atoms with Crippen molar-refractivity contribution in [1.82, 2.24) is 20.2 Å². The van der Waals surface area contributed by atoms with Crippen molar-refractivity contribution in [3.8, 4) is 17.2 Å². The summed E-state index contributed by atoms with van der Waals surface area (Å²) < 4.78 is 47.7. The van der Waals surface area contributed by atoms with E-state index in [1.807, 2.05) is 0 Å². The first-order valence-corrected chi connectivity index (χ1v) is 6.43. The lowest BCUT2D eigenvalue weighted by molar-refractivity contribution is 0.116. The zero-order valence-corrected chi connectivity index (χ0v) is 11.5. The van der Waals surface area contributed by atoms with Gasteiger partial charge in [-0.05, 0) is 24.3 Å². The summed E-state index contributed by atoms with van der Waals surface area (Å²) in [4.78, 5) is 8.03. The van der Waals surface area contributed by atoms with E-state index in [0.29, 0.717) is 17.1 Å². The standard InChI is InChI=1S/C14H9F3N4O2/c15-9-1-3-10(4-2-9)22-7-11-18-5-8(6-19-11)13-20-21-14(23-13)12(16)17/h1-6,12H,7H2. The highest BCUT2D eigenvalue weighted by molar-refractivity contribution is 5.48. The molecule has 1 aromatic carbocycles. The van der Waals surface area contributed by atoms with E-state index in [0.717, 1.165) is 0 Å². The maximum atomic E-state index is 12.8. The van der Waals surface area contributed by atoms with Crippen LogP contribution in [0.4, 0.5) is 13.2 Å². The molecule has 0 atom stereocenters. The Morgan fingerprint density at radius 3 is 2.35 bits per heavy atom. The first-order valence-electron chi connectivity index (χ1n) is 6.43. The Bertz CT molecular complexity index is 775. The molecule has 9 heteroatoms. The molecule has 0 N–H and O–H groups in total. The quantitative estimate of drug-likeness (QED) is 0.718. The van der Waals surface area contributed by atoms with Gasteiger partial charge in [-0.15, -0.1) is 10.2 Å². The second kappa shape index (κ2) is 6.42. The SMILES string of the molecule is Fc1ccc(OCc2ncc(-c3nnc(C(F)F)o3)cn2)cc1. The fourth-order valence-electron chi connectivity index (χ4n) is 1.66. The van der Waals surface area contributed by atoms with Crippen LogP contribution in [0.1, 0.15) is 18.1 Å². The summed E-state index contributed by atoms with van der Waals surface area (Å²) in [5.74, 6) is -0.389. The first kappa shape index (κ1) is 14.9. The van der Waals surface area contributed by atoms with Gasteiger partial charge in [0.05, 0.1) is 5.56 Å². The normalized spacial score (nSPS) is 11.0. The smallest absolute Gasteiger partial charge is 0.314 e. The number of nitrogens with zero attached hydrogens (tertiary/aromatic N) is 4. The van der Waals surface area contributed by atoms with Crippen LogP contribution in [0.15, 0.2) is 41.1 Å². The van der Waals surface area contributed by atoms with Gasteiger partial charge in [0.25, 0.3) is 11.8 Å². The largest absolute Gasteiger partial charge is 0.486 e. The summed E-state index contributed by atoms with van der Waals surface area (Å²) in [5.41, 5.74) is 0.315. The van der Waals surface area contributed by atoms with Crippen molar-refractivity contribution in [2.75, 3.05) is 0 Å². The topological polar surface area (TPSA) is 73.9 Å². The van der Waals surface area contributed by atoms with Gasteiger partial charge < -0.3 is 9.15 Å². The molecule has 0 aliphatic heterocycles. The van der Waals surface area contributed by atoms with Crippen LogP contribution in [-0.2, 0) is 6.61 Å². The van der Waals surface area contributed by atoms with Crippen LogP contribution >= 0.6 is 0 Å². The van der Waals surface area contributed by atoms with Crippen molar-refractivity contribution in [3.05, 3.63) is 54.2 Å². The summed E-state index contributed by atoms with van der Waals surface area (Å²) in [6.45, 7) is 0.0675.